The summed E-state index contributed by atoms with van der Waals surface area (Å²) in [5.41, 5.74) is 1.30. The summed E-state index contributed by atoms with van der Waals surface area (Å²) < 4.78 is 4.85. The van der Waals surface area contributed by atoms with Crippen molar-refractivity contribution in [3.05, 3.63) is 46.8 Å². The normalized spacial score (nSPS) is 10.3. The molecule has 0 aliphatic heterocycles. The molecule has 0 bridgehead atoms. The fourth-order valence-electron chi connectivity index (χ4n) is 1.72. The fourth-order valence-corrected chi connectivity index (χ4v) is 2.52. The Morgan fingerprint density at radius 3 is 2.81 bits per heavy atom. The molecule has 1 N–H and O–H groups in total. The van der Waals surface area contributed by atoms with Gasteiger partial charge in [-0.05, 0) is 6.92 Å². The lowest BCUT2D eigenvalue weighted by atomic mass is 10.1. The SMILES string of the molecule is CCOC(=O)CCSc1nc(-c2ccccc2)cc(=O)[nH]1. The molecule has 2 aromatic rings. The quantitative estimate of drug-likeness (QED) is 0.504. The highest BCUT2D eigenvalue weighted by Gasteiger charge is 2.06. The van der Waals surface area contributed by atoms with Crippen molar-refractivity contribution < 1.29 is 9.53 Å². The lowest BCUT2D eigenvalue weighted by Crippen LogP contribution is -2.09. The number of benzene rings is 1. The topological polar surface area (TPSA) is 72.0 Å². The van der Waals surface area contributed by atoms with Gasteiger partial charge in [0.25, 0.3) is 5.56 Å². The van der Waals surface area contributed by atoms with Crippen LogP contribution in [0.4, 0.5) is 0 Å². The van der Waals surface area contributed by atoms with Gasteiger partial charge in [0.15, 0.2) is 5.16 Å². The molecule has 0 spiro atoms. The minimum Gasteiger partial charge on any atom is -0.466 e. The molecule has 0 amide bonds. The largest absolute Gasteiger partial charge is 0.466 e. The zero-order valence-electron chi connectivity index (χ0n) is 11.7. The molecule has 0 saturated heterocycles. The predicted molar refractivity (Wildman–Crippen MR) is 82.3 cm³/mol. The second kappa shape index (κ2) is 7.64. The summed E-state index contributed by atoms with van der Waals surface area (Å²) >= 11 is 1.33. The van der Waals surface area contributed by atoms with E-state index in [4.69, 9.17) is 4.74 Å². The summed E-state index contributed by atoms with van der Waals surface area (Å²) in [4.78, 5) is 30.0. The summed E-state index contributed by atoms with van der Waals surface area (Å²) in [6.07, 6.45) is 0.289. The molecule has 0 fully saturated rings. The molecule has 0 aliphatic rings. The van der Waals surface area contributed by atoms with Gasteiger partial charge in [-0.1, -0.05) is 42.1 Å². The Labute approximate surface area is 126 Å². The van der Waals surface area contributed by atoms with E-state index >= 15 is 0 Å². The van der Waals surface area contributed by atoms with Crippen LogP contribution in [-0.2, 0) is 9.53 Å². The summed E-state index contributed by atoms with van der Waals surface area (Å²) in [5.74, 6) is 0.270. The van der Waals surface area contributed by atoms with Gasteiger partial charge in [-0.15, -0.1) is 0 Å². The maximum absolute atomic E-state index is 11.7. The number of thioether (sulfide) groups is 1. The third-order valence-corrected chi connectivity index (χ3v) is 3.51. The number of aromatic amines is 1. The molecule has 1 heterocycles. The number of hydrogen-bond acceptors (Lipinski definition) is 5. The van der Waals surface area contributed by atoms with Gasteiger partial charge >= 0.3 is 5.97 Å². The molecule has 1 aromatic heterocycles. The van der Waals surface area contributed by atoms with Crippen molar-refractivity contribution in [3.8, 4) is 11.3 Å². The smallest absolute Gasteiger partial charge is 0.306 e. The highest BCUT2D eigenvalue weighted by atomic mass is 32.2. The van der Waals surface area contributed by atoms with Crippen molar-refractivity contribution >= 4 is 17.7 Å². The van der Waals surface area contributed by atoms with E-state index in [1.165, 1.54) is 17.8 Å². The molecule has 0 radical (unpaired) electrons. The van der Waals surface area contributed by atoms with Crippen LogP contribution in [0, 0.1) is 0 Å². The van der Waals surface area contributed by atoms with Gasteiger partial charge < -0.3 is 9.72 Å². The van der Waals surface area contributed by atoms with Crippen LogP contribution in [0.25, 0.3) is 11.3 Å². The molecule has 6 heteroatoms. The highest BCUT2D eigenvalue weighted by Crippen LogP contribution is 2.18. The van der Waals surface area contributed by atoms with Crippen molar-refractivity contribution in [2.45, 2.75) is 18.5 Å². The standard InChI is InChI=1S/C15H16N2O3S/c1-2-20-14(19)8-9-21-15-16-12(10-13(18)17-15)11-6-4-3-5-7-11/h3-7,10H,2,8-9H2,1H3,(H,16,17,18). The van der Waals surface area contributed by atoms with E-state index in [-0.39, 0.29) is 17.9 Å². The summed E-state index contributed by atoms with van der Waals surface area (Å²) in [6.45, 7) is 2.15. The van der Waals surface area contributed by atoms with Gasteiger partial charge in [-0.2, -0.15) is 0 Å². The fraction of sp³-hybridized carbons (Fsp3) is 0.267. The van der Waals surface area contributed by atoms with E-state index in [1.54, 1.807) is 6.92 Å². The van der Waals surface area contributed by atoms with Crippen LogP contribution < -0.4 is 5.56 Å². The van der Waals surface area contributed by atoms with Crippen LogP contribution in [0.5, 0.6) is 0 Å². The average molecular weight is 304 g/mol. The lowest BCUT2D eigenvalue weighted by Gasteiger charge is -2.04. The van der Waals surface area contributed by atoms with Crippen LogP contribution in [0.1, 0.15) is 13.3 Å². The highest BCUT2D eigenvalue weighted by molar-refractivity contribution is 7.99. The van der Waals surface area contributed by atoms with Gasteiger partial charge in [-0.25, -0.2) is 4.98 Å². The number of carbonyl (C=O) groups is 1. The summed E-state index contributed by atoms with van der Waals surface area (Å²) in [6, 6.07) is 11.0. The number of aromatic nitrogens is 2. The van der Waals surface area contributed by atoms with Crippen LogP contribution in [0.2, 0.25) is 0 Å². The van der Waals surface area contributed by atoms with Crippen molar-refractivity contribution in [2.24, 2.45) is 0 Å². The Kier molecular flexibility index (Phi) is 5.57. The zero-order chi connectivity index (χ0) is 15.1. The second-order valence-electron chi connectivity index (χ2n) is 4.21. The predicted octanol–water partition coefficient (Wildman–Crippen LogP) is 2.48. The Balaban J connectivity index is 2.06. The molecule has 5 nitrogen and oxygen atoms in total. The van der Waals surface area contributed by atoms with E-state index < -0.39 is 0 Å². The van der Waals surface area contributed by atoms with E-state index in [9.17, 15) is 9.59 Å². The Bertz CT molecular complexity index is 655. The summed E-state index contributed by atoms with van der Waals surface area (Å²) in [7, 11) is 0. The van der Waals surface area contributed by atoms with E-state index in [2.05, 4.69) is 9.97 Å². The number of esters is 1. The van der Waals surface area contributed by atoms with Crippen molar-refractivity contribution in [1.82, 2.24) is 9.97 Å². The molecular formula is C15H16N2O3S. The van der Waals surface area contributed by atoms with Crippen LogP contribution >= 0.6 is 11.8 Å². The maximum Gasteiger partial charge on any atom is 0.306 e. The number of ether oxygens (including phenoxy) is 1. The summed E-state index contributed by atoms with van der Waals surface area (Å²) in [5, 5.41) is 0.505. The third kappa shape index (κ3) is 4.75. The number of hydrogen-bond donors (Lipinski definition) is 1. The van der Waals surface area contributed by atoms with Gasteiger partial charge in [0.05, 0.1) is 18.7 Å². The number of nitrogens with zero attached hydrogens (tertiary/aromatic N) is 1. The number of nitrogens with one attached hydrogen (secondary N) is 1. The minimum atomic E-state index is -0.244. The minimum absolute atomic E-state index is 0.206. The van der Waals surface area contributed by atoms with Crippen LogP contribution in [0.15, 0.2) is 46.3 Å². The second-order valence-corrected chi connectivity index (χ2v) is 5.29. The number of rotatable bonds is 6. The van der Waals surface area contributed by atoms with Gasteiger partial charge in [0, 0.05) is 17.4 Å². The average Bonchev–Trinajstić information content (AvgIpc) is 2.48. The van der Waals surface area contributed by atoms with Crippen molar-refractivity contribution in [2.75, 3.05) is 12.4 Å². The van der Waals surface area contributed by atoms with E-state index in [1.807, 2.05) is 30.3 Å². The molecule has 2 rings (SSSR count). The van der Waals surface area contributed by atoms with Gasteiger partial charge in [0.1, 0.15) is 0 Å². The van der Waals surface area contributed by atoms with Gasteiger partial charge in [-0.3, -0.25) is 9.59 Å². The van der Waals surface area contributed by atoms with Crippen molar-refractivity contribution in [3.63, 3.8) is 0 Å². The molecule has 0 unspecified atom stereocenters. The number of H-pyrrole nitrogens is 1. The Morgan fingerprint density at radius 2 is 2.10 bits per heavy atom. The first kappa shape index (κ1) is 15.3. The molecule has 0 atom stereocenters. The molecule has 1 aromatic carbocycles. The van der Waals surface area contributed by atoms with E-state index in [0.29, 0.717) is 23.2 Å². The Hall–Kier alpha value is -2.08. The number of carbonyl (C=O) groups excluding carboxylic acids is 1. The van der Waals surface area contributed by atoms with Gasteiger partial charge in [0.2, 0.25) is 0 Å². The molecule has 0 saturated carbocycles. The van der Waals surface area contributed by atoms with Crippen LogP contribution in [-0.4, -0.2) is 28.3 Å². The first-order valence-corrected chi connectivity index (χ1v) is 7.63. The first-order valence-electron chi connectivity index (χ1n) is 6.64. The van der Waals surface area contributed by atoms with Crippen molar-refractivity contribution in [1.29, 1.82) is 0 Å². The first-order chi connectivity index (χ1) is 10.2. The van der Waals surface area contributed by atoms with E-state index in [0.717, 1.165) is 5.56 Å². The molecule has 21 heavy (non-hydrogen) atoms. The third-order valence-electron chi connectivity index (χ3n) is 2.64. The molecular weight excluding hydrogens is 288 g/mol. The van der Waals surface area contributed by atoms with Crippen LogP contribution in [0.3, 0.4) is 0 Å². The Morgan fingerprint density at radius 1 is 1.33 bits per heavy atom. The monoisotopic (exact) mass is 304 g/mol. The maximum atomic E-state index is 11.7. The lowest BCUT2D eigenvalue weighted by molar-refractivity contribution is -0.142. The zero-order valence-corrected chi connectivity index (χ0v) is 12.5. The molecule has 0 aliphatic carbocycles. The molecule has 110 valence electrons.